The minimum absolute atomic E-state index is 0.166. The Labute approximate surface area is 104 Å². The maximum atomic E-state index is 12.9. The molecule has 18 heavy (non-hydrogen) atoms. The second-order valence-electron chi connectivity index (χ2n) is 4.64. The zero-order valence-electron chi connectivity index (χ0n) is 9.67. The normalized spacial score (nSPS) is 26.6. The number of nitrogens with zero attached hydrogens (tertiary/aromatic N) is 1. The summed E-state index contributed by atoms with van der Waals surface area (Å²) >= 11 is 0. The van der Waals surface area contributed by atoms with E-state index in [4.69, 9.17) is 0 Å². The van der Waals surface area contributed by atoms with Gasteiger partial charge in [0.05, 0.1) is 17.5 Å². The molecule has 1 aromatic carbocycles. The fraction of sp³-hybridized carbons (Fsp3) is 0.286. The number of imide groups is 1. The lowest BCUT2D eigenvalue weighted by atomic mass is 9.85. The van der Waals surface area contributed by atoms with E-state index in [1.54, 1.807) is 0 Å². The number of benzene rings is 1. The van der Waals surface area contributed by atoms with Crippen molar-refractivity contribution in [3.05, 3.63) is 42.2 Å². The van der Waals surface area contributed by atoms with Crippen molar-refractivity contribution < 1.29 is 14.0 Å². The SMILES string of the molecule is O=C1[C@H]2CC=CC[C@@H]2C(=O)N1c1ccc(F)cc1. The number of rotatable bonds is 1. The van der Waals surface area contributed by atoms with Crippen molar-refractivity contribution in [1.82, 2.24) is 0 Å². The molecule has 1 aromatic rings. The first-order chi connectivity index (χ1) is 8.68. The quantitative estimate of drug-likeness (QED) is 0.562. The fourth-order valence-corrected chi connectivity index (χ4v) is 2.64. The average Bonchev–Trinajstić information content (AvgIpc) is 2.64. The summed E-state index contributed by atoms with van der Waals surface area (Å²) in [6.07, 6.45) is 5.13. The molecule has 0 radical (unpaired) electrons. The molecule has 2 aliphatic rings. The third kappa shape index (κ3) is 1.56. The van der Waals surface area contributed by atoms with Gasteiger partial charge in [-0.1, -0.05) is 12.2 Å². The van der Waals surface area contributed by atoms with Gasteiger partial charge >= 0.3 is 0 Å². The smallest absolute Gasteiger partial charge is 0.238 e. The summed E-state index contributed by atoms with van der Waals surface area (Å²) in [5, 5.41) is 0. The summed E-state index contributed by atoms with van der Waals surface area (Å²) < 4.78 is 12.9. The Morgan fingerprint density at radius 2 is 1.44 bits per heavy atom. The molecule has 1 aliphatic carbocycles. The second-order valence-corrected chi connectivity index (χ2v) is 4.64. The molecule has 4 heteroatoms. The Hall–Kier alpha value is -1.97. The lowest BCUT2D eigenvalue weighted by molar-refractivity contribution is -0.122. The van der Waals surface area contributed by atoms with Gasteiger partial charge in [-0.05, 0) is 37.1 Å². The van der Waals surface area contributed by atoms with E-state index < -0.39 is 0 Å². The Kier molecular flexibility index (Phi) is 2.51. The molecule has 3 rings (SSSR count). The average molecular weight is 245 g/mol. The number of amides is 2. The Morgan fingerprint density at radius 1 is 0.944 bits per heavy atom. The van der Waals surface area contributed by atoms with Gasteiger partial charge in [0.25, 0.3) is 0 Å². The van der Waals surface area contributed by atoms with Gasteiger partial charge in [-0.15, -0.1) is 0 Å². The molecule has 0 spiro atoms. The maximum absolute atomic E-state index is 12.9. The Bertz CT molecular complexity index is 509. The van der Waals surface area contributed by atoms with E-state index >= 15 is 0 Å². The first-order valence-corrected chi connectivity index (χ1v) is 5.97. The molecule has 0 N–H and O–H groups in total. The molecule has 2 amide bonds. The van der Waals surface area contributed by atoms with E-state index in [1.807, 2.05) is 12.2 Å². The van der Waals surface area contributed by atoms with Gasteiger partial charge in [-0.3, -0.25) is 14.5 Å². The molecule has 0 aromatic heterocycles. The van der Waals surface area contributed by atoms with Crippen molar-refractivity contribution in [2.24, 2.45) is 11.8 Å². The Morgan fingerprint density at radius 3 is 1.94 bits per heavy atom. The maximum Gasteiger partial charge on any atom is 0.238 e. The van der Waals surface area contributed by atoms with Gasteiger partial charge in [0, 0.05) is 0 Å². The number of halogens is 1. The van der Waals surface area contributed by atoms with Gasteiger partial charge in [0.15, 0.2) is 0 Å². The number of carbonyl (C=O) groups is 2. The predicted molar refractivity (Wildman–Crippen MR) is 64.2 cm³/mol. The van der Waals surface area contributed by atoms with Crippen LogP contribution in [0.4, 0.5) is 10.1 Å². The third-order valence-electron chi connectivity index (χ3n) is 3.59. The zero-order valence-corrected chi connectivity index (χ0v) is 9.67. The first kappa shape index (κ1) is 11.1. The highest BCUT2D eigenvalue weighted by Crippen LogP contribution is 2.37. The van der Waals surface area contributed by atoms with Crippen molar-refractivity contribution in [3.8, 4) is 0 Å². The van der Waals surface area contributed by atoms with E-state index in [0.717, 1.165) is 0 Å². The van der Waals surface area contributed by atoms with Crippen LogP contribution < -0.4 is 4.90 Å². The lowest BCUT2D eigenvalue weighted by Crippen LogP contribution is -2.30. The van der Waals surface area contributed by atoms with Crippen LogP contribution in [0.2, 0.25) is 0 Å². The highest BCUT2D eigenvalue weighted by Gasteiger charge is 2.47. The molecule has 1 aliphatic heterocycles. The Balaban J connectivity index is 1.96. The summed E-state index contributed by atoms with van der Waals surface area (Å²) in [5.74, 6) is -1.20. The number of anilines is 1. The molecule has 1 fully saturated rings. The van der Waals surface area contributed by atoms with Crippen LogP contribution in [0.15, 0.2) is 36.4 Å². The van der Waals surface area contributed by atoms with Gasteiger partial charge in [0.2, 0.25) is 11.8 Å². The van der Waals surface area contributed by atoms with Gasteiger partial charge in [-0.2, -0.15) is 0 Å². The van der Waals surface area contributed by atoms with Crippen LogP contribution in [0, 0.1) is 17.7 Å². The van der Waals surface area contributed by atoms with Crippen LogP contribution in [0.5, 0.6) is 0 Å². The topological polar surface area (TPSA) is 37.4 Å². The van der Waals surface area contributed by atoms with Gasteiger partial charge in [0.1, 0.15) is 5.82 Å². The second kappa shape index (κ2) is 4.05. The molecule has 1 saturated heterocycles. The molecular weight excluding hydrogens is 233 g/mol. The largest absolute Gasteiger partial charge is 0.274 e. The monoisotopic (exact) mass is 245 g/mol. The predicted octanol–water partition coefficient (Wildman–Crippen LogP) is 2.28. The molecule has 2 atom stereocenters. The molecule has 0 unspecified atom stereocenters. The van der Waals surface area contributed by atoms with Crippen LogP contribution in [0.25, 0.3) is 0 Å². The van der Waals surface area contributed by atoms with Crippen molar-refractivity contribution in [2.45, 2.75) is 12.8 Å². The number of hydrogen-bond acceptors (Lipinski definition) is 2. The van der Waals surface area contributed by atoms with Crippen molar-refractivity contribution in [2.75, 3.05) is 4.90 Å². The summed E-state index contributed by atoms with van der Waals surface area (Å²) in [5.41, 5.74) is 0.459. The minimum atomic E-state index is -0.378. The molecular formula is C14H12FNO2. The number of hydrogen-bond donors (Lipinski definition) is 0. The minimum Gasteiger partial charge on any atom is -0.274 e. The summed E-state index contributed by atoms with van der Waals surface area (Å²) in [7, 11) is 0. The molecule has 92 valence electrons. The lowest BCUT2D eigenvalue weighted by Gasteiger charge is -2.14. The highest BCUT2D eigenvalue weighted by atomic mass is 19.1. The summed E-state index contributed by atoms with van der Waals surface area (Å²) in [6.45, 7) is 0. The third-order valence-corrected chi connectivity index (χ3v) is 3.59. The number of carbonyl (C=O) groups excluding carboxylic acids is 2. The molecule has 1 heterocycles. The van der Waals surface area contributed by atoms with Crippen molar-refractivity contribution >= 4 is 17.5 Å². The van der Waals surface area contributed by atoms with Crippen molar-refractivity contribution in [1.29, 1.82) is 0 Å². The van der Waals surface area contributed by atoms with Gasteiger partial charge < -0.3 is 0 Å². The standard InChI is InChI=1S/C14H12FNO2/c15-9-5-7-10(8-6-9)16-13(17)11-3-1-2-4-12(11)14(16)18/h1-2,5-8,11-12H,3-4H2/t11-,12-/m0/s1. The van der Waals surface area contributed by atoms with Gasteiger partial charge in [-0.25, -0.2) is 4.39 Å². The van der Waals surface area contributed by atoms with Crippen LogP contribution in [0.3, 0.4) is 0 Å². The highest BCUT2D eigenvalue weighted by molar-refractivity contribution is 6.22. The van der Waals surface area contributed by atoms with E-state index in [1.165, 1.54) is 29.2 Å². The van der Waals surface area contributed by atoms with Crippen LogP contribution in [-0.4, -0.2) is 11.8 Å². The number of fused-ring (bicyclic) bond motifs is 1. The van der Waals surface area contributed by atoms with Crippen LogP contribution in [0.1, 0.15) is 12.8 Å². The van der Waals surface area contributed by atoms with E-state index in [0.29, 0.717) is 18.5 Å². The number of allylic oxidation sites excluding steroid dienone is 2. The van der Waals surface area contributed by atoms with E-state index in [9.17, 15) is 14.0 Å². The molecule has 0 saturated carbocycles. The van der Waals surface area contributed by atoms with E-state index in [2.05, 4.69) is 0 Å². The fourth-order valence-electron chi connectivity index (χ4n) is 2.64. The van der Waals surface area contributed by atoms with Crippen LogP contribution in [-0.2, 0) is 9.59 Å². The summed E-state index contributed by atoms with van der Waals surface area (Å²) in [6, 6.07) is 5.46. The van der Waals surface area contributed by atoms with E-state index in [-0.39, 0.29) is 29.5 Å². The zero-order chi connectivity index (χ0) is 12.7. The first-order valence-electron chi connectivity index (χ1n) is 5.97. The molecule has 0 bridgehead atoms. The van der Waals surface area contributed by atoms with Crippen LogP contribution >= 0.6 is 0 Å². The summed E-state index contributed by atoms with van der Waals surface area (Å²) in [4.78, 5) is 25.6. The van der Waals surface area contributed by atoms with Crippen molar-refractivity contribution in [3.63, 3.8) is 0 Å². The molecule has 3 nitrogen and oxygen atoms in total.